The summed E-state index contributed by atoms with van der Waals surface area (Å²) in [5, 5.41) is 20.8. The number of H-pyrrole nitrogens is 1. The van der Waals surface area contributed by atoms with Crippen molar-refractivity contribution in [1.29, 1.82) is 5.26 Å². The lowest BCUT2D eigenvalue weighted by Gasteiger charge is -2.32. The number of aromatic amines is 1. The van der Waals surface area contributed by atoms with Crippen LogP contribution in [0.5, 0.6) is 0 Å². The molecular formula is C27H20F3N4O3S-. The molecule has 38 heavy (non-hydrogen) atoms. The molecule has 0 aliphatic rings. The van der Waals surface area contributed by atoms with Gasteiger partial charge in [-0.05, 0) is 61.4 Å². The number of aryl methyl sites for hydroxylation is 2. The summed E-state index contributed by atoms with van der Waals surface area (Å²) < 4.78 is 70.0. The summed E-state index contributed by atoms with van der Waals surface area (Å²) in [5.74, 6) is -1.58. The van der Waals surface area contributed by atoms with Crippen LogP contribution in [0, 0.1) is 25.2 Å². The number of hydrogen-bond acceptors (Lipinski definition) is 5. The number of alkyl halides is 3. The molecule has 0 bridgehead atoms. The van der Waals surface area contributed by atoms with Crippen molar-refractivity contribution in [2.24, 2.45) is 0 Å². The van der Waals surface area contributed by atoms with E-state index < -0.39 is 40.0 Å². The second kappa shape index (κ2) is 9.09. The van der Waals surface area contributed by atoms with E-state index in [9.17, 15) is 32.3 Å². The fourth-order valence-corrected chi connectivity index (χ4v) is 5.33. The monoisotopic (exact) mass is 537 g/mol. The Kier molecular flexibility index (Phi) is 6.14. The first kappa shape index (κ1) is 25.7. The second-order valence-electron chi connectivity index (χ2n) is 9.10. The number of aromatic nitrogens is 3. The van der Waals surface area contributed by atoms with E-state index in [1.807, 2.05) is 37.3 Å². The quantitative estimate of drug-likeness (QED) is 0.300. The molecule has 5 rings (SSSR count). The molecule has 0 aliphatic carbocycles. The van der Waals surface area contributed by atoms with E-state index in [2.05, 4.69) is 9.97 Å². The normalized spacial score (nSPS) is 14.5. The summed E-state index contributed by atoms with van der Waals surface area (Å²) in [6, 6.07) is 16.2. The van der Waals surface area contributed by atoms with Crippen molar-refractivity contribution in [3.63, 3.8) is 0 Å². The Morgan fingerprint density at radius 3 is 2.47 bits per heavy atom. The first-order valence-corrected chi connectivity index (χ1v) is 12.6. The van der Waals surface area contributed by atoms with Gasteiger partial charge in [-0.15, -0.1) is 0 Å². The maximum Gasteiger partial charge on any atom is 0.428 e. The zero-order chi connectivity index (χ0) is 27.4. The highest BCUT2D eigenvalue weighted by Crippen LogP contribution is 2.48. The molecule has 0 radical (unpaired) electrons. The van der Waals surface area contributed by atoms with Crippen molar-refractivity contribution in [2.45, 2.75) is 31.4 Å². The summed E-state index contributed by atoms with van der Waals surface area (Å²) in [5.41, 5.74) is -1.51. The number of aliphatic hydroxyl groups is 1. The molecule has 2 aromatic heterocycles. The maximum atomic E-state index is 14.9. The van der Waals surface area contributed by atoms with E-state index in [1.54, 1.807) is 17.7 Å². The number of nitriles is 1. The molecule has 0 amide bonds. The number of nitrogens with zero attached hydrogens (tertiary/aromatic N) is 3. The number of halogens is 3. The van der Waals surface area contributed by atoms with Crippen molar-refractivity contribution in [3.05, 3.63) is 94.4 Å². The first-order chi connectivity index (χ1) is 17.9. The van der Waals surface area contributed by atoms with Crippen molar-refractivity contribution in [2.75, 3.05) is 0 Å². The molecule has 194 valence electrons. The third-order valence-corrected chi connectivity index (χ3v) is 7.10. The molecule has 0 spiro atoms. The van der Waals surface area contributed by atoms with Crippen molar-refractivity contribution < 1.29 is 27.0 Å². The Morgan fingerprint density at radius 1 is 1.13 bits per heavy atom. The van der Waals surface area contributed by atoms with Crippen LogP contribution >= 0.6 is 0 Å². The van der Waals surface area contributed by atoms with Crippen LogP contribution in [0.15, 0.2) is 60.8 Å². The number of benzene rings is 3. The van der Waals surface area contributed by atoms with Crippen molar-refractivity contribution in [3.8, 4) is 11.8 Å². The number of fused-ring (bicyclic) bond motifs is 2. The van der Waals surface area contributed by atoms with Crippen LogP contribution in [-0.4, -0.2) is 34.6 Å². The van der Waals surface area contributed by atoms with E-state index in [1.165, 1.54) is 30.3 Å². The third-order valence-electron chi connectivity index (χ3n) is 6.55. The van der Waals surface area contributed by atoms with Crippen molar-refractivity contribution in [1.82, 2.24) is 14.5 Å². The smallest absolute Gasteiger partial charge is 0.428 e. The zero-order valence-electron chi connectivity index (χ0n) is 20.1. The first-order valence-electron chi connectivity index (χ1n) is 11.4. The average Bonchev–Trinajstić information content (AvgIpc) is 3.48. The molecule has 3 aromatic carbocycles. The number of imidazole rings is 1. The molecule has 2 N–H and O–H groups in total. The lowest BCUT2D eigenvalue weighted by Crippen LogP contribution is -2.45. The van der Waals surface area contributed by atoms with E-state index in [0.29, 0.717) is 16.8 Å². The molecule has 2 atom stereocenters. The molecule has 0 aliphatic heterocycles. The highest BCUT2D eigenvalue weighted by atomic mass is 32.2. The van der Waals surface area contributed by atoms with Crippen LogP contribution < -0.4 is 0 Å². The van der Waals surface area contributed by atoms with Gasteiger partial charge in [0.25, 0.3) is 0 Å². The largest absolute Gasteiger partial charge is 0.772 e. The third kappa shape index (κ3) is 4.07. The van der Waals surface area contributed by atoms with Crippen LogP contribution in [-0.2, 0) is 22.4 Å². The van der Waals surface area contributed by atoms with Crippen LogP contribution in [0.1, 0.15) is 33.6 Å². The molecule has 11 heteroatoms. The van der Waals surface area contributed by atoms with Gasteiger partial charge in [-0.2, -0.15) is 18.4 Å². The highest BCUT2D eigenvalue weighted by Gasteiger charge is 2.60. The summed E-state index contributed by atoms with van der Waals surface area (Å²) in [4.78, 5) is 6.56. The highest BCUT2D eigenvalue weighted by molar-refractivity contribution is 7.78. The van der Waals surface area contributed by atoms with Gasteiger partial charge in [0.1, 0.15) is 0 Å². The number of hydrogen-bond donors (Lipinski definition) is 2. The maximum absolute atomic E-state index is 14.9. The van der Waals surface area contributed by atoms with Crippen LogP contribution in [0.2, 0.25) is 0 Å². The predicted octanol–water partition coefficient (Wildman–Crippen LogP) is 5.17. The molecular weight excluding hydrogens is 517 g/mol. The van der Waals surface area contributed by atoms with Gasteiger partial charge >= 0.3 is 6.18 Å². The van der Waals surface area contributed by atoms with Crippen LogP contribution in [0.4, 0.5) is 13.2 Å². The SMILES string of the molecule is Cc1ccc(-n2ccc3c(C(O)(c4nc5ccc(C#N)cc5[nH]4)C(F)(F)F)c(CS(=O)[O-])cc(C)c32)cc1. The van der Waals surface area contributed by atoms with Crippen LogP contribution in [0.25, 0.3) is 27.6 Å². The van der Waals surface area contributed by atoms with Gasteiger partial charge in [-0.25, -0.2) is 4.98 Å². The summed E-state index contributed by atoms with van der Waals surface area (Å²) in [7, 11) is 0. The van der Waals surface area contributed by atoms with Gasteiger partial charge in [0.2, 0.25) is 5.60 Å². The molecule has 2 heterocycles. The average molecular weight is 538 g/mol. The zero-order valence-corrected chi connectivity index (χ0v) is 20.9. The minimum Gasteiger partial charge on any atom is -0.772 e. The lowest BCUT2D eigenvalue weighted by molar-refractivity contribution is -0.250. The minimum absolute atomic E-state index is 0.0315. The van der Waals surface area contributed by atoms with Crippen LogP contribution in [0.3, 0.4) is 0 Å². The molecule has 0 saturated heterocycles. The van der Waals surface area contributed by atoms with E-state index in [4.69, 9.17) is 0 Å². The van der Waals surface area contributed by atoms with Gasteiger partial charge in [0.05, 0.1) is 28.2 Å². The fraction of sp³-hybridized carbons (Fsp3) is 0.185. The Labute approximate surface area is 217 Å². The van der Waals surface area contributed by atoms with E-state index >= 15 is 0 Å². The van der Waals surface area contributed by atoms with Gasteiger partial charge in [-0.1, -0.05) is 34.8 Å². The lowest BCUT2D eigenvalue weighted by atomic mass is 9.85. The Balaban J connectivity index is 1.87. The topological polar surface area (TPSA) is 118 Å². The molecule has 0 fully saturated rings. The summed E-state index contributed by atoms with van der Waals surface area (Å²) in [6.45, 7) is 3.58. The minimum atomic E-state index is -5.30. The van der Waals surface area contributed by atoms with E-state index in [0.717, 1.165) is 5.56 Å². The Hall–Kier alpha value is -3.98. The Morgan fingerprint density at radius 2 is 1.84 bits per heavy atom. The molecule has 7 nitrogen and oxygen atoms in total. The predicted molar refractivity (Wildman–Crippen MR) is 135 cm³/mol. The van der Waals surface area contributed by atoms with Crippen molar-refractivity contribution >= 4 is 33.0 Å². The standard InChI is InChI=1S/C27H21F3N4O3S/c1-15-3-6-19(7-4-15)34-10-9-20-23(18(14-38(36)37)11-16(2)24(20)34)26(35,27(28,29)30)25-32-21-8-5-17(13-31)12-22(21)33-25/h3-12,35H,14H2,1-2H3,(H,32,33)(H,36,37)/p-1. The van der Waals surface area contributed by atoms with Gasteiger partial charge < -0.3 is 19.2 Å². The summed E-state index contributed by atoms with van der Waals surface area (Å²) >= 11 is -2.75. The molecule has 2 unspecified atom stereocenters. The number of nitrogens with one attached hydrogen (secondary N) is 1. The van der Waals surface area contributed by atoms with E-state index in [-0.39, 0.29) is 27.5 Å². The molecule has 5 aromatic rings. The Bertz CT molecular complexity index is 1770. The number of rotatable bonds is 5. The fourth-order valence-electron chi connectivity index (χ4n) is 4.84. The summed E-state index contributed by atoms with van der Waals surface area (Å²) in [6.07, 6.45) is -3.72. The second-order valence-corrected chi connectivity index (χ2v) is 9.99. The van der Waals surface area contributed by atoms with Gasteiger partial charge in [-0.3, -0.25) is 4.21 Å². The van der Waals surface area contributed by atoms with Gasteiger partial charge in [0.15, 0.2) is 5.82 Å². The molecule has 0 saturated carbocycles. The van der Waals surface area contributed by atoms with Gasteiger partial charge in [0, 0.05) is 28.6 Å².